The van der Waals surface area contributed by atoms with Crippen molar-refractivity contribution < 1.29 is 9.18 Å². The standard InChI is InChI=1S/C36H47FN14O2.ClH/c37-29-13-27-30(14-31(29)48-9-7-42-8-10-48)51(26-5-6-26)19-28(32(27)52)33(53)43-24-1-3-25(4-2-24)44-34-45-35(49-15-20(38)11-21(39)16-49)47-36(46-34)50-17-22(40)12-23(41)18-50;/h1-4,13-14,19-23,26,42H,5-12,15-18,38-41H2,(H,43,53)(H,44,45,46,47);1H/t20-,21+,22-,23+;. The van der Waals surface area contributed by atoms with Crippen molar-refractivity contribution in [3.63, 3.8) is 0 Å². The van der Waals surface area contributed by atoms with Crippen LogP contribution in [-0.4, -0.2) is 102 Å². The lowest BCUT2D eigenvalue weighted by molar-refractivity contribution is 0.102. The SMILES string of the molecule is Cl.N[C@@H]1C[C@H](N)CN(c2nc(Nc3ccc(NC(=O)c4cn(C5CC5)c5cc(N6CCNCC6)c(F)cc5c4=O)cc3)nc(N3C[C@H](N)C[C@H](N)C3)n2)C1. The Hall–Kier alpha value is -4.65. The maximum absolute atomic E-state index is 15.4. The lowest BCUT2D eigenvalue weighted by Crippen LogP contribution is -2.54. The van der Waals surface area contributed by atoms with E-state index in [1.54, 1.807) is 36.5 Å². The van der Waals surface area contributed by atoms with Gasteiger partial charge < -0.3 is 58.2 Å². The minimum atomic E-state index is -0.568. The molecule has 18 heteroatoms. The van der Waals surface area contributed by atoms with Crippen molar-refractivity contribution in [3.05, 3.63) is 64.2 Å². The highest BCUT2D eigenvalue weighted by Crippen LogP contribution is 2.38. The van der Waals surface area contributed by atoms with Crippen LogP contribution in [0.5, 0.6) is 0 Å². The molecular formula is C36H48ClFN14O2. The lowest BCUT2D eigenvalue weighted by Gasteiger charge is -2.37. The van der Waals surface area contributed by atoms with E-state index in [0.29, 0.717) is 92.5 Å². The molecule has 4 atom stereocenters. The number of amides is 1. The highest BCUT2D eigenvalue weighted by molar-refractivity contribution is 6.06. The molecule has 0 unspecified atom stereocenters. The molecule has 16 nitrogen and oxygen atoms in total. The van der Waals surface area contributed by atoms with Crippen LogP contribution in [0.4, 0.5) is 39.3 Å². The first-order valence-corrected chi connectivity index (χ1v) is 18.4. The summed E-state index contributed by atoms with van der Waals surface area (Å²) in [7, 11) is 0. The number of nitrogens with zero attached hydrogens (tertiary/aromatic N) is 7. The first-order chi connectivity index (χ1) is 25.6. The summed E-state index contributed by atoms with van der Waals surface area (Å²) in [4.78, 5) is 47.4. The Balaban J connectivity index is 0.00000450. The molecule has 4 aliphatic rings. The normalized spacial score (nSPS) is 23.2. The third-order valence-electron chi connectivity index (χ3n) is 10.4. The summed E-state index contributed by atoms with van der Waals surface area (Å²) in [6.07, 6.45) is 4.90. The second kappa shape index (κ2) is 15.6. The van der Waals surface area contributed by atoms with Gasteiger partial charge in [-0.1, -0.05) is 0 Å². The summed E-state index contributed by atoms with van der Waals surface area (Å²) in [5.74, 6) is 0.175. The zero-order chi connectivity index (χ0) is 36.8. The van der Waals surface area contributed by atoms with Gasteiger partial charge in [-0.2, -0.15) is 15.0 Å². The summed E-state index contributed by atoms with van der Waals surface area (Å²) in [6, 6.07) is 9.72. The van der Waals surface area contributed by atoms with E-state index in [0.717, 1.165) is 25.9 Å². The zero-order valence-corrected chi connectivity index (χ0v) is 30.8. The molecule has 1 amide bonds. The van der Waals surface area contributed by atoms with Gasteiger partial charge in [0.25, 0.3) is 5.91 Å². The molecule has 5 heterocycles. The molecule has 4 aromatic rings. The van der Waals surface area contributed by atoms with Crippen LogP contribution in [0, 0.1) is 5.82 Å². The molecule has 0 spiro atoms. The Morgan fingerprint density at radius 2 is 1.35 bits per heavy atom. The first-order valence-electron chi connectivity index (χ1n) is 18.4. The number of hydrogen-bond donors (Lipinski definition) is 7. The third kappa shape index (κ3) is 8.06. The molecule has 3 aliphatic heterocycles. The topological polar surface area (TPSA) is 228 Å². The molecule has 3 saturated heterocycles. The Kier molecular flexibility index (Phi) is 10.9. The molecule has 1 aliphatic carbocycles. The summed E-state index contributed by atoms with van der Waals surface area (Å²) < 4.78 is 17.4. The Morgan fingerprint density at radius 1 is 0.796 bits per heavy atom. The minimum Gasteiger partial charge on any atom is -0.367 e. The first kappa shape index (κ1) is 37.7. The Morgan fingerprint density at radius 3 is 1.91 bits per heavy atom. The lowest BCUT2D eigenvalue weighted by atomic mass is 10.0. The molecule has 0 bridgehead atoms. The average molecular weight is 763 g/mol. The third-order valence-corrected chi connectivity index (χ3v) is 10.4. The van der Waals surface area contributed by atoms with Crippen molar-refractivity contribution >= 4 is 64.1 Å². The van der Waals surface area contributed by atoms with Gasteiger partial charge in [0.05, 0.1) is 11.2 Å². The Labute approximate surface area is 318 Å². The number of hydrogen-bond acceptors (Lipinski definition) is 14. The van der Waals surface area contributed by atoms with Crippen molar-refractivity contribution in [2.24, 2.45) is 22.9 Å². The second-order valence-electron chi connectivity index (χ2n) is 14.8. The van der Waals surface area contributed by atoms with Crippen LogP contribution in [0.3, 0.4) is 0 Å². The summed E-state index contributed by atoms with van der Waals surface area (Å²) in [6.45, 7) is 5.09. The maximum Gasteiger partial charge on any atom is 0.261 e. The van der Waals surface area contributed by atoms with E-state index >= 15 is 4.39 Å². The van der Waals surface area contributed by atoms with Gasteiger partial charge in [0.15, 0.2) is 0 Å². The van der Waals surface area contributed by atoms with Crippen LogP contribution in [0.1, 0.15) is 42.1 Å². The van der Waals surface area contributed by atoms with E-state index in [1.807, 2.05) is 19.3 Å². The van der Waals surface area contributed by atoms with E-state index in [2.05, 4.69) is 16.0 Å². The van der Waals surface area contributed by atoms with Crippen LogP contribution in [0.2, 0.25) is 0 Å². The maximum atomic E-state index is 15.4. The van der Waals surface area contributed by atoms with E-state index in [-0.39, 0.29) is 53.6 Å². The van der Waals surface area contributed by atoms with Crippen molar-refractivity contribution in [3.8, 4) is 0 Å². The molecule has 0 radical (unpaired) electrons. The van der Waals surface area contributed by atoms with Gasteiger partial charge in [0.2, 0.25) is 23.3 Å². The van der Waals surface area contributed by atoms with Gasteiger partial charge in [0.1, 0.15) is 11.4 Å². The van der Waals surface area contributed by atoms with E-state index in [9.17, 15) is 9.59 Å². The number of nitrogens with two attached hydrogens (primary N) is 4. The van der Waals surface area contributed by atoms with Crippen molar-refractivity contribution in [2.75, 3.05) is 77.7 Å². The van der Waals surface area contributed by atoms with E-state index in [4.69, 9.17) is 37.9 Å². The number of carbonyl (C=O) groups excluding carboxylic acids is 1. The highest BCUT2D eigenvalue weighted by Gasteiger charge is 2.30. The molecule has 4 fully saturated rings. The fourth-order valence-corrected chi connectivity index (χ4v) is 7.66. The van der Waals surface area contributed by atoms with Crippen molar-refractivity contribution in [2.45, 2.75) is 55.9 Å². The predicted molar refractivity (Wildman–Crippen MR) is 212 cm³/mol. The number of carbonyl (C=O) groups is 1. The number of halogens is 2. The fraction of sp³-hybridized carbons (Fsp3) is 0.472. The number of nitrogens with one attached hydrogen (secondary N) is 3. The van der Waals surface area contributed by atoms with Gasteiger partial charge in [-0.15, -0.1) is 12.4 Å². The van der Waals surface area contributed by atoms with Gasteiger partial charge in [-0.05, 0) is 62.1 Å². The minimum absolute atomic E-state index is 0. The zero-order valence-electron chi connectivity index (χ0n) is 30.0. The molecule has 11 N–H and O–H groups in total. The number of aromatic nitrogens is 4. The van der Waals surface area contributed by atoms with Crippen LogP contribution in [0.25, 0.3) is 10.9 Å². The van der Waals surface area contributed by atoms with Crippen LogP contribution in [0.15, 0.2) is 47.4 Å². The highest BCUT2D eigenvalue weighted by atomic mass is 35.5. The van der Waals surface area contributed by atoms with E-state index < -0.39 is 17.2 Å². The van der Waals surface area contributed by atoms with Crippen molar-refractivity contribution in [1.29, 1.82) is 0 Å². The molecule has 288 valence electrons. The number of anilines is 6. The van der Waals surface area contributed by atoms with Crippen LogP contribution < -0.4 is 59.0 Å². The number of piperazine rings is 1. The molecule has 1 saturated carbocycles. The summed E-state index contributed by atoms with van der Waals surface area (Å²) in [5, 5.41) is 9.58. The summed E-state index contributed by atoms with van der Waals surface area (Å²) in [5.41, 5.74) is 26.9. The molecule has 2 aromatic carbocycles. The number of piperidine rings is 2. The Bertz CT molecular complexity index is 1990. The number of fused-ring (bicyclic) bond motifs is 1. The smallest absolute Gasteiger partial charge is 0.261 e. The monoisotopic (exact) mass is 762 g/mol. The molecule has 8 rings (SSSR count). The number of benzene rings is 2. The van der Waals surface area contributed by atoms with Gasteiger partial charge >= 0.3 is 0 Å². The van der Waals surface area contributed by atoms with Crippen LogP contribution >= 0.6 is 12.4 Å². The van der Waals surface area contributed by atoms with Gasteiger partial charge in [-0.25, -0.2) is 4.39 Å². The van der Waals surface area contributed by atoms with Crippen LogP contribution in [-0.2, 0) is 0 Å². The van der Waals surface area contributed by atoms with Crippen molar-refractivity contribution in [1.82, 2.24) is 24.8 Å². The molecule has 54 heavy (non-hydrogen) atoms. The van der Waals surface area contributed by atoms with E-state index in [1.165, 1.54) is 6.07 Å². The number of rotatable bonds is 8. The quantitative estimate of drug-likeness (QED) is 0.134. The number of pyridine rings is 1. The fourth-order valence-electron chi connectivity index (χ4n) is 7.66. The summed E-state index contributed by atoms with van der Waals surface area (Å²) >= 11 is 0. The molecular weight excluding hydrogens is 715 g/mol. The largest absolute Gasteiger partial charge is 0.367 e. The van der Waals surface area contributed by atoms with Gasteiger partial charge in [-0.3, -0.25) is 9.59 Å². The predicted octanol–water partition coefficient (Wildman–Crippen LogP) is 1.22. The average Bonchev–Trinajstić information content (AvgIpc) is 3.98. The van der Waals surface area contributed by atoms with Gasteiger partial charge in [0, 0.05) is 106 Å². The second-order valence-corrected chi connectivity index (χ2v) is 14.8. The molecule has 2 aromatic heterocycles.